The maximum absolute atomic E-state index is 12.6. The number of halogens is 3. The second-order valence-corrected chi connectivity index (χ2v) is 4.67. The highest BCUT2D eigenvalue weighted by Crippen LogP contribution is 2.29. The van der Waals surface area contributed by atoms with Gasteiger partial charge in [0.1, 0.15) is 0 Å². The highest BCUT2D eigenvalue weighted by molar-refractivity contribution is 5.26. The van der Waals surface area contributed by atoms with E-state index in [1.54, 1.807) is 6.07 Å². The molecule has 1 heterocycles. The predicted octanol–water partition coefficient (Wildman–Crippen LogP) is 2.62. The summed E-state index contributed by atoms with van der Waals surface area (Å²) >= 11 is 0. The van der Waals surface area contributed by atoms with E-state index in [0.717, 1.165) is 6.07 Å². The van der Waals surface area contributed by atoms with Crippen LogP contribution >= 0.6 is 0 Å². The van der Waals surface area contributed by atoms with Crippen LogP contribution < -0.4 is 5.32 Å². The molecule has 1 aliphatic rings. The lowest BCUT2D eigenvalue weighted by Gasteiger charge is -2.28. The van der Waals surface area contributed by atoms with Gasteiger partial charge in [-0.05, 0) is 25.0 Å². The van der Waals surface area contributed by atoms with Crippen LogP contribution in [0.1, 0.15) is 18.1 Å². The molecule has 1 N–H and O–H groups in total. The second-order valence-electron chi connectivity index (χ2n) is 4.67. The van der Waals surface area contributed by atoms with Crippen molar-refractivity contribution < 1.29 is 17.9 Å². The van der Waals surface area contributed by atoms with E-state index >= 15 is 0 Å². The summed E-state index contributed by atoms with van der Waals surface area (Å²) in [7, 11) is 0. The Morgan fingerprint density at radius 3 is 2.78 bits per heavy atom. The minimum Gasteiger partial charge on any atom is -0.375 e. The molecule has 0 amide bonds. The van der Waals surface area contributed by atoms with E-state index in [0.29, 0.717) is 31.2 Å². The van der Waals surface area contributed by atoms with Gasteiger partial charge in [0.05, 0.1) is 18.3 Å². The van der Waals surface area contributed by atoms with Gasteiger partial charge in [0, 0.05) is 12.6 Å². The average Bonchev–Trinajstić information content (AvgIpc) is 2.31. The monoisotopic (exact) mass is 259 g/mol. The first kappa shape index (κ1) is 13.4. The molecular formula is C13H16F3NO. The number of benzene rings is 1. The van der Waals surface area contributed by atoms with Crippen molar-refractivity contribution >= 4 is 0 Å². The van der Waals surface area contributed by atoms with Gasteiger partial charge in [-0.1, -0.05) is 18.2 Å². The van der Waals surface area contributed by atoms with Gasteiger partial charge in [-0.25, -0.2) is 0 Å². The Bertz CT molecular complexity index is 397. The molecule has 2 rings (SSSR count). The molecule has 0 bridgehead atoms. The van der Waals surface area contributed by atoms with Crippen LogP contribution in [0.3, 0.4) is 0 Å². The summed E-state index contributed by atoms with van der Waals surface area (Å²) in [5.74, 6) is 0. The van der Waals surface area contributed by atoms with Gasteiger partial charge in [-0.3, -0.25) is 0 Å². The molecule has 0 spiro atoms. The first-order valence-electron chi connectivity index (χ1n) is 5.96. The first-order chi connectivity index (χ1) is 8.45. The van der Waals surface area contributed by atoms with Gasteiger partial charge >= 0.3 is 6.18 Å². The Labute approximate surface area is 104 Å². The van der Waals surface area contributed by atoms with Crippen LogP contribution in [0.4, 0.5) is 13.2 Å². The normalized spacial score (nSPS) is 25.1. The minimum absolute atomic E-state index is 0.0512. The molecule has 0 aromatic heterocycles. The van der Waals surface area contributed by atoms with Crippen molar-refractivity contribution in [2.24, 2.45) is 0 Å². The molecule has 2 atom stereocenters. The van der Waals surface area contributed by atoms with E-state index in [-0.39, 0.29) is 6.10 Å². The molecule has 1 fully saturated rings. The number of nitrogens with one attached hydrogen (secondary N) is 1. The quantitative estimate of drug-likeness (QED) is 0.881. The van der Waals surface area contributed by atoms with Gasteiger partial charge in [0.15, 0.2) is 0 Å². The van der Waals surface area contributed by atoms with Gasteiger partial charge in [0.25, 0.3) is 0 Å². The zero-order chi connectivity index (χ0) is 13.2. The topological polar surface area (TPSA) is 21.3 Å². The molecule has 2 unspecified atom stereocenters. The minimum atomic E-state index is -4.28. The lowest BCUT2D eigenvalue weighted by atomic mass is 10.0. The van der Waals surface area contributed by atoms with Crippen molar-refractivity contribution in [2.75, 3.05) is 13.2 Å². The summed E-state index contributed by atoms with van der Waals surface area (Å²) in [4.78, 5) is 0. The van der Waals surface area contributed by atoms with Crippen molar-refractivity contribution in [3.63, 3.8) is 0 Å². The van der Waals surface area contributed by atoms with Crippen molar-refractivity contribution in [3.8, 4) is 0 Å². The number of alkyl halides is 3. The Kier molecular flexibility index (Phi) is 3.92. The van der Waals surface area contributed by atoms with Gasteiger partial charge in [-0.15, -0.1) is 0 Å². The molecule has 5 heteroatoms. The molecule has 0 saturated carbocycles. The summed E-state index contributed by atoms with van der Waals surface area (Å²) < 4.78 is 43.2. The van der Waals surface area contributed by atoms with Crippen molar-refractivity contribution in [1.82, 2.24) is 5.32 Å². The fourth-order valence-corrected chi connectivity index (χ4v) is 2.00. The summed E-state index contributed by atoms with van der Waals surface area (Å²) in [6, 6.07) is 5.74. The summed E-state index contributed by atoms with van der Waals surface area (Å²) in [6.45, 7) is 3.29. The number of hydrogen-bond donors (Lipinski definition) is 1. The van der Waals surface area contributed by atoms with Crippen molar-refractivity contribution in [1.29, 1.82) is 0 Å². The molecule has 18 heavy (non-hydrogen) atoms. The standard InChI is InChI=1S/C13H16F3NO/c1-9-8-18-12(7-17-9)6-10-3-2-4-11(5-10)13(14,15)16/h2-5,9,12,17H,6-8H2,1H3. The van der Waals surface area contributed by atoms with Crippen LogP contribution in [0.2, 0.25) is 0 Å². The molecule has 0 aliphatic carbocycles. The molecule has 100 valence electrons. The molecule has 2 nitrogen and oxygen atoms in total. The molecule has 1 saturated heterocycles. The zero-order valence-corrected chi connectivity index (χ0v) is 10.1. The Balaban J connectivity index is 2.01. The van der Waals surface area contributed by atoms with Crippen LogP contribution in [-0.2, 0) is 17.3 Å². The van der Waals surface area contributed by atoms with Gasteiger partial charge in [-0.2, -0.15) is 13.2 Å². The average molecular weight is 259 g/mol. The second kappa shape index (κ2) is 5.28. The molecular weight excluding hydrogens is 243 g/mol. The Hall–Kier alpha value is -1.07. The van der Waals surface area contributed by atoms with Crippen LogP contribution in [0.25, 0.3) is 0 Å². The lowest BCUT2D eigenvalue weighted by Crippen LogP contribution is -2.45. The van der Waals surface area contributed by atoms with Gasteiger partial charge < -0.3 is 10.1 Å². The maximum Gasteiger partial charge on any atom is 0.416 e. The SMILES string of the molecule is CC1COC(Cc2cccc(C(F)(F)F)c2)CN1. The largest absolute Gasteiger partial charge is 0.416 e. The molecule has 1 aliphatic heterocycles. The lowest BCUT2D eigenvalue weighted by molar-refractivity contribution is -0.137. The van der Waals surface area contributed by atoms with E-state index in [9.17, 15) is 13.2 Å². The summed E-state index contributed by atoms with van der Waals surface area (Å²) in [5, 5.41) is 3.25. The van der Waals surface area contributed by atoms with Crippen LogP contribution in [0, 0.1) is 0 Å². The third-order valence-corrected chi connectivity index (χ3v) is 2.99. The van der Waals surface area contributed by atoms with Crippen LogP contribution in [0.5, 0.6) is 0 Å². The summed E-state index contributed by atoms with van der Waals surface area (Å²) in [5.41, 5.74) is 0.0586. The number of ether oxygens (including phenoxy) is 1. The van der Waals surface area contributed by atoms with Crippen molar-refractivity contribution in [2.45, 2.75) is 31.7 Å². The van der Waals surface area contributed by atoms with E-state index in [1.807, 2.05) is 6.92 Å². The van der Waals surface area contributed by atoms with E-state index in [1.165, 1.54) is 12.1 Å². The molecule has 1 aromatic rings. The number of morpholine rings is 1. The third kappa shape index (κ3) is 3.46. The molecule has 0 radical (unpaired) electrons. The van der Waals surface area contributed by atoms with E-state index < -0.39 is 11.7 Å². The number of rotatable bonds is 2. The highest BCUT2D eigenvalue weighted by Gasteiger charge is 2.30. The Morgan fingerprint density at radius 1 is 1.39 bits per heavy atom. The smallest absolute Gasteiger partial charge is 0.375 e. The van der Waals surface area contributed by atoms with Gasteiger partial charge in [0.2, 0.25) is 0 Å². The van der Waals surface area contributed by atoms with Crippen LogP contribution in [0.15, 0.2) is 24.3 Å². The van der Waals surface area contributed by atoms with Crippen molar-refractivity contribution in [3.05, 3.63) is 35.4 Å². The zero-order valence-electron chi connectivity index (χ0n) is 10.1. The number of hydrogen-bond acceptors (Lipinski definition) is 2. The predicted molar refractivity (Wildman–Crippen MR) is 62.4 cm³/mol. The first-order valence-corrected chi connectivity index (χ1v) is 5.96. The fraction of sp³-hybridized carbons (Fsp3) is 0.538. The van der Waals surface area contributed by atoms with Crippen LogP contribution in [-0.4, -0.2) is 25.3 Å². The highest BCUT2D eigenvalue weighted by atomic mass is 19.4. The molecule has 1 aromatic carbocycles. The van der Waals surface area contributed by atoms with E-state index in [2.05, 4.69) is 5.32 Å². The third-order valence-electron chi connectivity index (χ3n) is 2.99. The summed E-state index contributed by atoms with van der Waals surface area (Å²) in [6.07, 6.45) is -3.83. The van der Waals surface area contributed by atoms with E-state index in [4.69, 9.17) is 4.74 Å². The fourth-order valence-electron chi connectivity index (χ4n) is 2.00. The Morgan fingerprint density at radius 2 is 2.17 bits per heavy atom. The maximum atomic E-state index is 12.6.